The number of ether oxygens (including phenoxy) is 1. The van der Waals surface area contributed by atoms with Gasteiger partial charge < -0.3 is 14.5 Å². The summed E-state index contributed by atoms with van der Waals surface area (Å²) in [5.74, 6) is 0.923. The molecule has 30 heavy (non-hydrogen) atoms. The number of nitrogens with zero attached hydrogens (tertiary/aromatic N) is 4. The number of benzene rings is 1. The van der Waals surface area contributed by atoms with Crippen LogP contribution in [-0.4, -0.2) is 103 Å². The Morgan fingerprint density at radius 2 is 1.50 bits per heavy atom. The Balaban J connectivity index is 1.34. The molecule has 1 aromatic rings. The summed E-state index contributed by atoms with van der Waals surface area (Å²) in [4.78, 5) is 33.6. The highest BCUT2D eigenvalue weighted by atomic mass is 16.5. The minimum Gasteiger partial charge on any atom is -0.484 e. The van der Waals surface area contributed by atoms with Crippen LogP contribution in [0.1, 0.15) is 26.7 Å². The number of rotatable bonds is 8. The minimum absolute atomic E-state index is 0.00199. The number of amides is 2. The van der Waals surface area contributed by atoms with Crippen LogP contribution in [0.25, 0.3) is 0 Å². The van der Waals surface area contributed by atoms with Gasteiger partial charge in [-0.15, -0.1) is 0 Å². The first kappa shape index (κ1) is 22.6. The fourth-order valence-corrected chi connectivity index (χ4v) is 4.21. The number of para-hydroxylation sites is 1. The third kappa shape index (κ3) is 6.44. The van der Waals surface area contributed by atoms with E-state index in [0.717, 1.165) is 39.3 Å². The van der Waals surface area contributed by atoms with Crippen molar-refractivity contribution >= 4 is 11.8 Å². The van der Waals surface area contributed by atoms with Gasteiger partial charge in [-0.25, -0.2) is 0 Å². The molecule has 2 saturated heterocycles. The Hall–Kier alpha value is -2.12. The molecule has 0 N–H and O–H groups in total. The molecule has 0 bridgehead atoms. The van der Waals surface area contributed by atoms with Crippen LogP contribution in [0.4, 0.5) is 0 Å². The SMILES string of the molecule is CCCC(C)N1CCN(C(=O)CN2CCN(C(=O)COc3ccccc3)CC2)CC1. The maximum Gasteiger partial charge on any atom is 0.260 e. The summed E-state index contributed by atoms with van der Waals surface area (Å²) in [5, 5.41) is 0. The molecule has 0 spiro atoms. The molecule has 2 fully saturated rings. The van der Waals surface area contributed by atoms with Crippen LogP contribution in [0.3, 0.4) is 0 Å². The first-order chi connectivity index (χ1) is 14.6. The van der Waals surface area contributed by atoms with Crippen molar-refractivity contribution in [2.75, 3.05) is 65.5 Å². The highest BCUT2D eigenvalue weighted by Crippen LogP contribution is 2.12. The van der Waals surface area contributed by atoms with Crippen molar-refractivity contribution in [3.8, 4) is 5.75 Å². The van der Waals surface area contributed by atoms with Crippen LogP contribution in [-0.2, 0) is 9.59 Å². The second-order valence-electron chi connectivity index (χ2n) is 8.31. The lowest BCUT2D eigenvalue weighted by atomic mass is 10.1. The molecule has 7 nitrogen and oxygen atoms in total. The van der Waals surface area contributed by atoms with Crippen molar-refractivity contribution in [3.05, 3.63) is 30.3 Å². The van der Waals surface area contributed by atoms with E-state index in [1.54, 1.807) is 0 Å². The van der Waals surface area contributed by atoms with Crippen molar-refractivity contribution in [1.29, 1.82) is 0 Å². The Labute approximate surface area is 180 Å². The average molecular weight is 417 g/mol. The number of carbonyl (C=O) groups excluding carboxylic acids is 2. The van der Waals surface area contributed by atoms with Crippen molar-refractivity contribution in [1.82, 2.24) is 19.6 Å². The summed E-state index contributed by atoms with van der Waals surface area (Å²) in [6.45, 7) is 11.4. The molecule has 0 aromatic heterocycles. The van der Waals surface area contributed by atoms with E-state index in [-0.39, 0.29) is 18.4 Å². The van der Waals surface area contributed by atoms with Gasteiger partial charge in [0.15, 0.2) is 6.61 Å². The topological polar surface area (TPSA) is 56.3 Å². The zero-order valence-corrected chi connectivity index (χ0v) is 18.5. The quantitative estimate of drug-likeness (QED) is 0.644. The molecule has 166 valence electrons. The van der Waals surface area contributed by atoms with Crippen molar-refractivity contribution in [2.45, 2.75) is 32.7 Å². The average Bonchev–Trinajstić information content (AvgIpc) is 2.79. The molecule has 1 aromatic carbocycles. The first-order valence-corrected chi connectivity index (χ1v) is 11.3. The van der Waals surface area contributed by atoms with E-state index in [4.69, 9.17) is 4.74 Å². The van der Waals surface area contributed by atoms with Crippen LogP contribution in [0, 0.1) is 0 Å². The molecule has 1 unspecified atom stereocenters. The molecule has 3 rings (SSSR count). The van der Waals surface area contributed by atoms with Gasteiger partial charge in [0.1, 0.15) is 5.75 Å². The normalized spacial score (nSPS) is 19.5. The largest absolute Gasteiger partial charge is 0.484 e. The summed E-state index contributed by atoms with van der Waals surface area (Å²) in [7, 11) is 0. The standard InChI is InChI=1S/C23H36N4O3/c1-3-7-20(2)25-14-16-26(17-15-25)22(28)18-24-10-12-27(13-11-24)23(29)19-30-21-8-5-4-6-9-21/h4-6,8-9,20H,3,7,10-19H2,1-2H3. The van der Waals surface area contributed by atoms with Crippen molar-refractivity contribution in [2.24, 2.45) is 0 Å². The molecule has 1 atom stereocenters. The van der Waals surface area contributed by atoms with E-state index in [1.165, 1.54) is 12.8 Å². The van der Waals surface area contributed by atoms with Gasteiger partial charge in [-0.1, -0.05) is 31.5 Å². The minimum atomic E-state index is 0.00199. The predicted octanol–water partition coefficient (Wildman–Crippen LogP) is 1.54. The predicted molar refractivity (Wildman–Crippen MR) is 117 cm³/mol. The van der Waals surface area contributed by atoms with Gasteiger partial charge in [-0.05, 0) is 25.5 Å². The van der Waals surface area contributed by atoms with Crippen molar-refractivity contribution in [3.63, 3.8) is 0 Å². The molecule has 2 aliphatic heterocycles. The highest BCUT2D eigenvalue weighted by Gasteiger charge is 2.27. The Bertz CT molecular complexity index is 668. The van der Waals surface area contributed by atoms with Crippen LogP contribution >= 0.6 is 0 Å². The van der Waals surface area contributed by atoms with Gasteiger partial charge in [-0.3, -0.25) is 19.4 Å². The molecule has 0 radical (unpaired) electrons. The number of carbonyl (C=O) groups is 2. The van der Waals surface area contributed by atoms with E-state index in [1.807, 2.05) is 40.1 Å². The summed E-state index contributed by atoms with van der Waals surface area (Å²) in [6.07, 6.45) is 2.42. The number of hydrogen-bond acceptors (Lipinski definition) is 5. The molecule has 2 amide bonds. The highest BCUT2D eigenvalue weighted by molar-refractivity contribution is 5.79. The van der Waals surface area contributed by atoms with E-state index in [2.05, 4.69) is 23.6 Å². The third-order valence-corrected chi connectivity index (χ3v) is 6.19. The first-order valence-electron chi connectivity index (χ1n) is 11.3. The second-order valence-corrected chi connectivity index (χ2v) is 8.31. The van der Waals surface area contributed by atoms with E-state index < -0.39 is 0 Å². The van der Waals surface area contributed by atoms with Crippen LogP contribution in [0.5, 0.6) is 5.75 Å². The van der Waals surface area contributed by atoms with E-state index in [0.29, 0.717) is 31.4 Å². The van der Waals surface area contributed by atoms with E-state index >= 15 is 0 Å². The summed E-state index contributed by atoms with van der Waals surface area (Å²) < 4.78 is 5.56. The molecule has 0 saturated carbocycles. The van der Waals surface area contributed by atoms with Gasteiger partial charge >= 0.3 is 0 Å². The number of piperazine rings is 2. The lowest BCUT2D eigenvalue weighted by Crippen LogP contribution is -2.55. The van der Waals surface area contributed by atoms with Gasteiger partial charge in [0.25, 0.3) is 5.91 Å². The number of hydrogen-bond donors (Lipinski definition) is 0. The van der Waals surface area contributed by atoms with Gasteiger partial charge in [0, 0.05) is 58.4 Å². The summed E-state index contributed by atoms with van der Waals surface area (Å²) in [5.41, 5.74) is 0. The smallest absolute Gasteiger partial charge is 0.260 e. The molecule has 7 heteroatoms. The molecular formula is C23H36N4O3. The Morgan fingerprint density at radius 3 is 2.13 bits per heavy atom. The second kappa shape index (κ2) is 11.3. The van der Waals surface area contributed by atoms with Crippen molar-refractivity contribution < 1.29 is 14.3 Å². The molecular weight excluding hydrogens is 380 g/mol. The van der Waals surface area contributed by atoms with Crippen LogP contribution in [0.15, 0.2) is 30.3 Å². The molecule has 2 aliphatic rings. The summed E-state index contributed by atoms with van der Waals surface area (Å²) in [6, 6.07) is 10.00. The molecule has 0 aliphatic carbocycles. The lowest BCUT2D eigenvalue weighted by Gasteiger charge is -2.39. The maximum absolute atomic E-state index is 12.7. The van der Waals surface area contributed by atoms with Gasteiger partial charge in [0.2, 0.25) is 5.91 Å². The van der Waals surface area contributed by atoms with Gasteiger partial charge in [0.05, 0.1) is 6.54 Å². The van der Waals surface area contributed by atoms with E-state index in [9.17, 15) is 9.59 Å². The Morgan fingerprint density at radius 1 is 0.900 bits per heavy atom. The van der Waals surface area contributed by atoms with Crippen LogP contribution in [0.2, 0.25) is 0 Å². The fraction of sp³-hybridized carbons (Fsp3) is 0.652. The zero-order valence-electron chi connectivity index (χ0n) is 18.5. The zero-order chi connectivity index (χ0) is 21.3. The monoisotopic (exact) mass is 416 g/mol. The molecule has 2 heterocycles. The van der Waals surface area contributed by atoms with Gasteiger partial charge in [-0.2, -0.15) is 0 Å². The Kier molecular flexibility index (Phi) is 8.51. The van der Waals surface area contributed by atoms with Crippen LogP contribution < -0.4 is 4.74 Å². The third-order valence-electron chi connectivity index (χ3n) is 6.19. The fourth-order valence-electron chi connectivity index (χ4n) is 4.21. The lowest BCUT2D eigenvalue weighted by molar-refractivity contribution is -0.137. The maximum atomic E-state index is 12.7. The summed E-state index contributed by atoms with van der Waals surface area (Å²) >= 11 is 0.